The van der Waals surface area contributed by atoms with E-state index in [-0.39, 0.29) is 20.4 Å². The minimum Gasteiger partial charge on any atom is -0.493 e. The summed E-state index contributed by atoms with van der Waals surface area (Å²) >= 11 is 0. The molecule has 0 spiro atoms. The van der Waals surface area contributed by atoms with Crippen LogP contribution in [-0.2, 0) is 33.3 Å². The number of hydrogen-bond donors (Lipinski definition) is 0. The first-order chi connectivity index (χ1) is 46.5. The van der Waals surface area contributed by atoms with Gasteiger partial charge in [-0.2, -0.15) is 12.8 Å². The molecule has 0 bridgehead atoms. The van der Waals surface area contributed by atoms with Gasteiger partial charge in [0.15, 0.2) is 0 Å². The van der Waals surface area contributed by atoms with Crippen LogP contribution in [0, 0.1) is 37.5 Å². The van der Waals surface area contributed by atoms with Gasteiger partial charge in [-0.05, 0) is 75.6 Å². The van der Waals surface area contributed by atoms with Crippen molar-refractivity contribution < 1.29 is 25.1 Å². The molecule has 0 radical (unpaired) electrons. The summed E-state index contributed by atoms with van der Waals surface area (Å²) in [4.78, 5) is 0. The number of rotatable bonds is 64. The molecule has 0 fully saturated rings. The van der Waals surface area contributed by atoms with Crippen molar-refractivity contribution in [2.24, 2.45) is 0 Å². The van der Waals surface area contributed by atoms with Gasteiger partial charge in [0.2, 0.25) is 11.4 Å². The van der Waals surface area contributed by atoms with Gasteiger partial charge in [-0.15, -0.1) is 23.7 Å². The molecule has 0 aromatic heterocycles. The van der Waals surface area contributed by atoms with E-state index in [0.29, 0.717) is 0 Å². The average Bonchev–Trinajstić information content (AvgIpc) is 1.61. The Bertz CT molecular complexity index is 1970. The van der Waals surface area contributed by atoms with E-state index in [1.165, 1.54) is 361 Å². The Morgan fingerprint density at radius 3 is 0.684 bits per heavy atom. The van der Waals surface area contributed by atoms with E-state index in [9.17, 15) is 5.53 Å². The molecule has 0 unspecified atom stereocenters. The predicted molar refractivity (Wildman–Crippen MR) is 424 cm³/mol. The number of allylic oxidation sites excluding steroid dienone is 2. The van der Waals surface area contributed by atoms with Crippen molar-refractivity contribution in [3.63, 3.8) is 0 Å². The second-order valence-corrected chi connectivity index (χ2v) is 28.7. The number of nitrogens with zero attached hydrogens (tertiary/aromatic N) is 2. The molecule has 1 aliphatic rings. The molecule has 1 aliphatic heterocycles. The van der Waals surface area contributed by atoms with Crippen molar-refractivity contribution in [3.05, 3.63) is 101 Å². The van der Waals surface area contributed by atoms with E-state index < -0.39 is 0 Å². The second-order valence-electron chi connectivity index (χ2n) is 28.7. The van der Waals surface area contributed by atoms with Crippen LogP contribution in [0.15, 0.2) is 59.7 Å². The zero-order valence-corrected chi connectivity index (χ0v) is 66.1. The van der Waals surface area contributed by atoms with Crippen LogP contribution in [0.25, 0.3) is 16.9 Å². The van der Waals surface area contributed by atoms with E-state index in [2.05, 4.69) is 114 Å². The van der Waals surface area contributed by atoms with E-state index in [1.54, 1.807) is 0 Å². The van der Waals surface area contributed by atoms with Gasteiger partial charge in [0.1, 0.15) is 0 Å². The smallest absolute Gasteiger partial charge is 0.493 e. The number of unbranched alkanes of at least 4 members (excludes halogenated alkanes) is 54. The normalized spacial score (nSPS) is 11.9. The summed E-state index contributed by atoms with van der Waals surface area (Å²) in [5, 5.41) is 0. The molecule has 0 saturated heterocycles. The monoisotopic (exact) mass is 1400 g/mol. The molecule has 2 aromatic rings. The van der Waals surface area contributed by atoms with Gasteiger partial charge in [0.25, 0.3) is 0 Å². The number of aryl methyl sites for hydroxylation is 2. The van der Waals surface area contributed by atoms with Crippen LogP contribution >= 0.6 is 0 Å². The van der Waals surface area contributed by atoms with Crippen LogP contribution < -0.4 is 0 Å². The number of hydrogen-bond acceptors (Lipinski definition) is 0. The molecular formula is C92H158N2Pd. The maximum Gasteiger partial charge on any atom is 2.00 e. The van der Waals surface area contributed by atoms with Crippen molar-refractivity contribution in [3.8, 4) is 23.7 Å². The summed E-state index contributed by atoms with van der Waals surface area (Å²) < 4.78 is 1.52. The van der Waals surface area contributed by atoms with Crippen LogP contribution in [-0.4, -0.2) is 4.70 Å². The van der Waals surface area contributed by atoms with Crippen molar-refractivity contribution in [1.29, 1.82) is 0 Å². The third-order valence-electron chi connectivity index (χ3n) is 20.1. The topological polar surface area (TPSA) is 25.3 Å². The van der Waals surface area contributed by atoms with E-state index in [4.69, 9.17) is 0 Å². The van der Waals surface area contributed by atoms with Gasteiger partial charge in [0, 0.05) is 35.1 Å². The van der Waals surface area contributed by atoms with Gasteiger partial charge in [-0.25, -0.2) is 4.70 Å². The second kappa shape index (κ2) is 74.0. The molecule has 0 saturated carbocycles. The standard InChI is InChI=1S/C34H40N2.2C29H59.Pd/c1-5-9-13-19-27-21-15-17-25-29(27)33-31(23-11-7-3)32(24-12-8-4)34(36(33)35)30-26-18-16-22-28(30)20-14-10-6-2;2*1-3-5-7-9-11-13-15-17-19-21-23-25-27-29-28-26-24-22-20-18-16-14-12-10-8-6-4-2;/h15-18,21-22,25-26H,7-8,11-14,19-20,23-24H2,1-4H3;2*1,3-29H2,2H3;/q;2*-1;+2. The summed E-state index contributed by atoms with van der Waals surface area (Å²) in [5.74, 6) is 12.5. The molecule has 3 rings (SSSR count). The van der Waals surface area contributed by atoms with Crippen molar-refractivity contribution >= 4 is 11.4 Å². The fraction of sp³-hybridized carbons (Fsp3) is 0.761. The molecule has 0 aliphatic carbocycles. The Morgan fingerprint density at radius 1 is 0.284 bits per heavy atom. The minimum atomic E-state index is 0. The first-order valence-electron chi connectivity index (χ1n) is 42.0. The molecule has 95 heavy (non-hydrogen) atoms. The Morgan fingerprint density at radius 2 is 0.484 bits per heavy atom. The Balaban J connectivity index is 0.00000140. The maximum absolute atomic E-state index is 11.9. The van der Waals surface area contributed by atoms with Crippen LogP contribution in [0.1, 0.15) is 462 Å². The largest absolute Gasteiger partial charge is 2.00 e. The van der Waals surface area contributed by atoms with Gasteiger partial charge in [0.05, 0.1) is 0 Å². The Labute approximate surface area is 610 Å². The zero-order chi connectivity index (χ0) is 67.9. The fourth-order valence-electron chi connectivity index (χ4n) is 14.0. The summed E-state index contributed by atoms with van der Waals surface area (Å²) in [7, 11) is 0. The van der Waals surface area contributed by atoms with Crippen LogP contribution in [0.3, 0.4) is 0 Å². The first-order valence-corrected chi connectivity index (χ1v) is 42.0. The van der Waals surface area contributed by atoms with E-state index >= 15 is 0 Å². The van der Waals surface area contributed by atoms with Gasteiger partial charge in [-0.1, -0.05) is 411 Å². The minimum absolute atomic E-state index is 0. The molecule has 2 aromatic carbocycles. The van der Waals surface area contributed by atoms with Crippen molar-refractivity contribution in [2.75, 3.05) is 0 Å². The Kier molecular flexibility index (Phi) is 71.9. The third kappa shape index (κ3) is 52.9. The van der Waals surface area contributed by atoms with Gasteiger partial charge in [-0.3, -0.25) is 0 Å². The van der Waals surface area contributed by atoms with Gasteiger partial charge >= 0.3 is 20.4 Å². The molecule has 0 N–H and O–H groups in total. The van der Waals surface area contributed by atoms with Crippen LogP contribution in [0.4, 0.5) is 0 Å². The van der Waals surface area contributed by atoms with Crippen molar-refractivity contribution in [1.82, 2.24) is 0 Å². The quantitative estimate of drug-likeness (QED) is 0.0207. The van der Waals surface area contributed by atoms with Crippen LogP contribution in [0.2, 0.25) is 0 Å². The third-order valence-corrected chi connectivity index (χ3v) is 20.1. The zero-order valence-electron chi connectivity index (χ0n) is 64.5. The SMILES string of the molecule is CC#CCCc1ccccc1C1=C(CCCC)C(CCCC)=C(c2ccccc2CCC#CC)[N+]1=[N-].[CH2-]CCCCCCCCCCCCCCCCCCCCCCCCCCCC.[CH2-]CCCCCCCCCCCCCCCCCCCCCCCCCCCC.[Pd+2]. The summed E-state index contributed by atoms with van der Waals surface area (Å²) in [6.07, 6.45) is 88.3. The van der Waals surface area contributed by atoms with Crippen LogP contribution in [0.5, 0.6) is 0 Å². The van der Waals surface area contributed by atoms with E-state index in [0.717, 1.165) is 99.6 Å². The average molecular weight is 1400 g/mol. The first kappa shape index (κ1) is 92.3. The molecular weight excluding hydrogens is 1240 g/mol. The summed E-state index contributed by atoms with van der Waals surface area (Å²) in [6.45, 7) is 20.7. The fourth-order valence-corrected chi connectivity index (χ4v) is 14.0. The summed E-state index contributed by atoms with van der Waals surface area (Å²) in [5.41, 5.74) is 21.2. The van der Waals surface area contributed by atoms with E-state index in [1.807, 2.05) is 13.8 Å². The summed E-state index contributed by atoms with van der Waals surface area (Å²) in [6, 6.07) is 17.1. The predicted octanol–water partition coefficient (Wildman–Crippen LogP) is 31.9. The molecule has 3 heteroatoms. The molecule has 0 amide bonds. The maximum atomic E-state index is 11.9. The number of benzene rings is 2. The molecule has 2 nitrogen and oxygen atoms in total. The molecule has 0 atom stereocenters. The molecule has 1 heterocycles. The van der Waals surface area contributed by atoms with Crippen molar-refractivity contribution in [2.45, 2.75) is 452 Å². The Hall–Kier alpha value is -2.70. The van der Waals surface area contributed by atoms with Gasteiger partial charge < -0.3 is 19.4 Å². The molecule has 546 valence electrons.